The first-order valence-electron chi connectivity index (χ1n) is 6.69. The van der Waals surface area contributed by atoms with Gasteiger partial charge in [-0.1, -0.05) is 0 Å². The van der Waals surface area contributed by atoms with E-state index in [0.717, 1.165) is 0 Å². The number of piperidine rings is 1. The molecule has 8 heteroatoms. The van der Waals surface area contributed by atoms with E-state index in [2.05, 4.69) is 0 Å². The van der Waals surface area contributed by atoms with Crippen LogP contribution in [0.3, 0.4) is 0 Å². The molecule has 2 atom stereocenters. The van der Waals surface area contributed by atoms with Crippen LogP contribution in [0.15, 0.2) is 0 Å². The van der Waals surface area contributed by atoms with Crippen molar-refractivity contribution in [2.45, 2.75) is 25.8 Å². The largest absolute Gasteiger partial charge is 0.481 e. The van der Waals surface area contributed by atoms with Crippen molar-refractivity contribution < 1.29 is 27.8 Å². The number of carboxylic acids is 1. The highest BCUT2D eigenvalue weighted by Crippen LogP contribution is 2.26. The first-order chi connectivity index (χ1) is 9.40. The highest BCUT2D eigenvalue weighted by atomic mass is 32.2. The number of aliphatic carboxylic acids is 1. The third-order valence-electron chi connectivity index (χ3n) is 3.52. The van der Waals surface area contributed by atoms with E-state index in [9.17, 15) is 13.2 Å². The van der Waals surface area contributed by atoms with E-state index < -0.39 is 28.0 Å². The lowest BCUT2D eigenvalue weighted by Gasteiger charge is -2.36. The van der Waals surface area contributed by atoms with Gasteiger partial charge in [-0.2, -0.15) is 4.31 Å². The topological polar surface area (TPSA) is 93.1 Å². The van der Waals surface area contributed by atoms with Gasteiger partial charge in [0.25, 0.3) is 0 Å². The minimum atomic E-state index is -3.48. The summed E-state index contributed by atoms with van der Waals surface area (Å²) in [7, 11) is -1.94. The second-order valence-corrected chi connectivity index (χ2v) is 6.90. The molecule has 1 aliphatic rings. The van der Waals surface area contributed by atoms with Crippen LogP contribution in [0.4, 0.5) is 0 Å². The molecule has 0 aromatic carbocycles. The second-order valence-electron chi connectivity index (χ2n) is 4.86. The predicted molar refractivity (Wildman–Crippen MR) is 73.0 cm³/mol. The molecule has 7 nitrogen and oxygen atoms in total. The molecular weight excluding hydrogens is 286 g/mol. The summed E-state index contributed by atoms with van der Waals surface area (Å²) in [5, 5.41) is 9.11. The zero-order chi connectivity index (χ0) is 15.2. The number of sulfonamides is 1. The van der Waals surface area contributed by atoms with Crippen molar-refractivity contribution >= 4 is 16.0 Å². The van der Waals surface area contributed by atoms with Gasteiger partial charge >= 0.3 is 5.97 Å². The van der Waals surface area contributed by atoms with Crippen LogP contribution in [0.5, 0.6) is 0 Å². The van der Waals surface area contributed by atoms with E-state index in [1.54, 1.807) is 14.0 Å². The SMILES string of the molecule is COCCOCCS(=O)(=O)N1CCC[C@H](C(=O)O)[C@@H]1C. The van der Waals surface area contributed by atoms with Crippen LogP contribution in [0.1, 0.15) is 19.8 Å². The highest BCUT2D eigenvalue weighted by molar-refractivity contribution is 7.89. The van der Waals surface area contributed by atoms with Crippen LogP contribution in [-0.4, -0.2) is 69.1 Å². The number of methoxy groups -OCH3 is 1. The molecule has 0 aromatic heterocycles. The number of ether oxygens (including phenoxy) is 2. The monoisotopic (exact) mass is 309 g/mol. The molecule has 1 saturated heterocycles. The maximum absolute atomic E-state index is 12.2. The lowest BCUT2D eigenvalue weighted by molar-refractivity contribution is -0.144. The minimum Gasteiger partial charge on any atom is -0.481 e. The zero-order valence-electron chi connectivity index (χ0n) is 11.9. The fraction of sp³-hybridized carbons (Fsp3) is 0.917. The molecule has 1 rings (SSSR count). The number of nitrogens with zero attached hydrogens (tertiary/aromatic N) is 1. The quantitative estimate of drug-likeness (QED) is 0.642. The van der Waals surface area contributed by atoms with Gasteiger partial charge < -0.3 is 14.6 Å². The fourth-order valence-corrected chi connectivity index (χ4v) is 3.98. The molecule has 0 amide bonds. The number of carboxylic acid groups (broad SMARTS) is 1. The molecule has 0 aliphatic carbocycles. The van der Waals surface area contributed by atoms with Crippen LogP contribution >= 0.6 is 0 Å². The van der Waals surface area contributed by atoms with Crippen LogP contribution in [0.25, 0.3) is 0 Å². The van der Waals surface area contributed by atoms with E-state index >= 15 is 0 Å². The van der Waals surface area contributed by atoms with Crippen LogP contribution < -0.4 is 0 Å². The lowest BCUT2D eigenvalue weighted by atomic mass is 9.92. The van der Waals surface area contributed by atoms with Crippen LogP contribution in [0.2, 0.25) is 0 Å². The second kappa shape index (κ2) is 7.92. The molecular formula is C12H23NO6S. The van der Waals surface area contributed by atoms with Crippen LogP contribution in [0, 0.1) is 5.92 Å². The Kier molecular flexibility index (Phi) is 6.87. The molecule has 20 heavy (non-hydrogen) atoms. The first kappa shape index (κ1) is 17.4. The molecule has 1 fully saturated rings. The number of hydrogen-bond donors (Lipinski definition) is 1. The Morgan fingerprint density at radius 1 is 1.35 bits per heavy atom. The van der Waals surface area contributed by atoms with Gasteiger partial charge in [0.1, 0.15) is 0 Å². The predicted octanol–water partition coefficient (Wildman–Crippen LogP) is 0.164. The summed E-state index contributed by atoms with van der Waals surface area (Å²) in [6, 6.07) is -0.509. The van der Waals surface area contributed by atoms with E-state index in [-0.39, 0.29) is 12.4 Å². The fourth-order valence-electron chi connectivity index (χ4n) is 2.36. The van der Waals surface area contributed by atoms with Gasteiger partial charge in [-0.05, 0) is 19.8 Å². The van der Waals surface area contributed by atoms with E-state index in [0.29, 0.717) is 32.6 Å². The van der Waals surface area contributed by atoms with E-state index in [4.69, 9.17) is 14.6 Å². The Hall–Kier alpha value is -0.700. The molecule has 118 valence electrons. The van der Waals surface area contributed by atoms with Crippen molar-refractivity contribution in [3.8, 4) is 0 Å². The Bertz CT molecular complexity index is 410. The van der Waals surface area contributed by atoms with Gasteiger partial charge in [0.15, 0.2) is 0 Å². The molecule has 0 aromatic rings. The maximum atomic E-state index is 12.2. The Morgan fingerprint density at radius 3 is 2.65 bits per heavy atom. The third-order valence-corrected chi connectivity index (χ3v) is 5.43. The normalized spacial score (nSPS) is 24.7. The van der Waals surface area contributed by atoms with Crippen molar-refractivity contribution in [1.82, 2.24) is 4.31 Å². The lowest BCUT2D eigenvalue weighted by Crippen LogP contribution is -2.50. The summed E-state index contributed by atoms with van der Waals surface area (Å²) in [5.74, 6) is -1.70. The Morgan fingerprint density at radius 2 is 2.05 bits per heavy atom. The molecule has 0 bridgehead atoms. The molecule has 0 spiro atoms. The molecule has 0 unspecified atom stereocenters. The van der Waals surface area contributed by atoms with Gasteiger partial charge in [-0.15, -0.1) is 0 Å². The summed E-state index contributed by atoms with van der Waals surface area (Å²) in [6.45, 7) is 2.89. The zero-order valence-corrected chi connectivity index (χ0v) is 12.8. The molecule has 0 radical (unpaired) electrons. The van der Waals surface area contributed by atoms with Gasteiger partial charge in [0.05, 0.1) is 31.5 Å². The first-order valence-corrected chi connectivity index (χ1v) is 8.30. The number of carbonyl (C=O) groups is 1. The Labute approximate surface area is 119 Å². The number of rotatable bonds is 8. The van der Waals surface area contributed by atoms with Gasteiger partial charge in [0.2, 0.25) is 10.0 Å². The third kappa shape index (κ3) is 4.69. The van der Waals surface area contributed by atoms with E-state index in [1.807, 2.05) is 0 Å². The maximum Gasteiger partial charge on any atom is 0.308 e. The van der Waals surface area contributed by atoms with Gasteiger partial charge in [-0.3, -0.25) is 4.79 Å². The molecule has 0 saturated carbocycles. The van der Waals surface area contributed by atoms with E-state index in [1.165, 1.54) is 4.31 Å². The highest BCUT2D eigenvalue weighted by Gasteiger charge is 2.38. The van der Waals surface area contributed by atoms with Crippen molar-refractivity contribution in [3.63, 3.8) is 0 Å². The summed E-state index contributed by atoms with van der Waals surface area (Å²) in [6.07, 6.45) is 1.10. The van der Waals surface area contributed by atoms with Crippen molar-refractivity contribution in [2.24, 2.45) is 5.92 Å². The summed E-state index contributed by atoms with van der Waals surface area (Å²) in [5.41, 5.74) is 0. The van der Waals surface area contributed by atoms with Gasteiger partial charge in [-0.25, -0.2) is 8.42 Å². The molecule has 1 heterocycles. The summed E-state index contributed by atoms with van der Waals surface area (Å²) in [4.78, 5) is 11.1. The van der Waals surface area contributed by atoms with Crippen molar-refractivity contribution in [3.05, 3.63) is 0 Å². The summed E-state index contributed by atoms with van der Waals surface area (Å²) < 4.78 is 35.7. The smallest absolute Gasteiger partial charge is 0.308 e. The average Bonchev–Trinajstić information content (AvgIpc) is 2.38. The summed E-state index contributed by atoms with van der Waals surface area (Å²) >= 11 is 0. The molecule has 1 aliphatic heterocycles. The standard InChI is InChI=1S/C12H23NO6S/c1-10-11(12(14)15)4-3-5-13(10)20(16,17)9-8-19-7-6-18-2/h10-11H,3-9H2,1-2H3,(H,14,15)/t10-,11-/m0/s1. The van der Waals surface area contributed by atoms with Crippen molar-refractivity contribution in [1.29, 1.82) is 0 Å². The number of hydrogen-bond acceptors (Lipinski definition) is 5. The van der Waals surface area contributed by atoms with Crippen molar-refractivity contribution in [2.75, 3.05) is 39.2 Å². The van der Waals surface area contributed by atoms with Gasteiger partial charge in [0, 0.05) is 19.7 Å². The Balaban J connectivity index is 2.55. The minimum absolute atomic E-state index is 0.0899. The average molecular weight is 309 g/mol. The molecule has 1 N–H and O–H groups in total. The van der Waals surface area contributed by atoms with Crippen LogP contribution in [-0.2, 0) is 24.3 Å².